The maximum Gasteiger partial charge on any atom is 0.0454 e. The van der Waals surface area contributed by atoms with Gasteiger partial charge in [0.05, 0.1) is 0 Å². The maximum atomic E-state index is 4.24. The maximum absolute atomic E-state index is 4.24. The molecule has 0 aliphatic carbocycles. The summed E-state index contributed by atoms with van der Waals surface area (Å²) in [4.78, 5) is 4.80. The summed E-state index contributed by atoms with van der Waals surface area (Å²) >= 11 is 0. The van der Waals surface area contributed by atoms with E-state index in [4.69, 9.17) is 0 Å². The van der Waals surface area contributed by atoms with E-state index in [0.29, 0.717) is 6.04 Å². The number of anilines is 1. The third kappa shape index (κ3) is 2.37. The smallest absolute Gasteiger partial charge is 0.0454 e. The summed E-state index contributed by atoms with van der Waals surface area (Å²) < 4.78 is 0. The second-order valence-electron chi connectivity index (χ2n) is 4.94. The molecular formula is C15H22N2. The molecule has 0 spiro atoms. The largest absolute Gasteiger partial charge is 0.344 e. The Morgan fingerprint density at radius 2 is 1.94 bits per heavy atom. The molecule has 1 aromatic carbocycles. The van der Waals surface area contributed by atoms with Crippen LogP contribution in [0.5, 0.6) is 0 Å². The minimum absolute atomic E-state index is 0.552. The minimum Gasteiger partial charge on any atom is -0.344 e. The highest BCUT2D eigenvalue weighted by Gasteiger charge is 2.22. The van der Waals surface area contributed by atoms with Crippen LogP contribution in [0.3, 0.4) is 0 Å². The van der Waals surface area contributed by atoms with Crippen LogP contribution in [0, 0.1) is 0 Å². The van der Waals surface area contributed by atoms with E-state index in [2.05, 4.69) is 61.4 Å². The van der Waals surface area contributed by atoms with Crippen molar-refractivity contribution in [3.8, 4) is 0 Å². The fraction of sp³-hybridized carbons (Fsp3) is 0.467. The van der Waals surface area contributed by atoms with Crippen molar-refractivity contribution in [1.29, 1.82) is 0 Å². The molecular weight excluding hydrogens is 208 g/mol. The molecule has 1 aromatic rings. The van der Waals surface area contributed by atoms with Crippen LogP contribution in [0.15, 0.2) is 36.5 Å². The van der Waals surface area contributed by atoms with Crippen LogP contribution in [-0.4, -0.2) is 24.0 Å². The third-order valence-electron chi connectivity index (χ3n) is 3.47. The van der Waals surface area contributed by atoms with Gasteiger partial charge in [0, 0.05) is 37.1 Å². The topological polar surface area (TPSA) is 6.48 Å². The second kappa shape index (κ2) is 4.92. The highest BCUT2D eigenvalue weighted by Crippen LogP contribution is 2.29. The first-order chi connectivity index (χ1) is 8.13. The van der Waals surface area contributed by atoms with E-state index in [0.717, 1.165) is 19.6 Å². The second-order valence-corrected chi connectivity index (χ2v) is 4.94. The zero-order chi connectivity index (χ0) is 12.4. The zero-order valence-corrected chi connectivity index (χ0v) is 11.1. The molecule has 0 radical (unpaired) electrons. The molecule has 0 aromatic heterocycles. The highest BCUT2D eigenvalue weighted by molar-refractivity contribution is 5.58. The Hall–Kier alpha value is -1.28. The number of para-hydroxylation sites is 1. The van der Waals surface area contributed by atoms with Crippen molar-refractivity contribution < 1.29 is 0 Å². The Morgan fingerprint density at radius 1 is 1.24 bits per heavy atom. The van der Waals surface area contributed by atoms with Gasteiger partial charge in [0.15, 0.2) is 0 Å². The van der Waals surface area contributed by atoms with Gasteiger partial charge in [-0.05, 0) is 32.4 Å². The van der Waals surface area contributed by atoms with Gasteiger partial charge in [0.25, 0.3) is 0 Å². The van der Waals surface area contributed by atoms with E-state index < -0.39 is 0 Å². The standard InChI is InChI=1S/C15H22N2/c1-5-17-13(4)10-16(12(2)3)11-14-8-6-7-9-15(14)17/h6-9,12H,4-5,10-11H2,1-3H3. The molecule has 0 bridgehead atoms. The SMILES string of the molecule is C=C1CN(C(C)C)Cc2ccccc2N1CC. The average Bonchev–Trinajstić information content (AvgIpc) is 2.44. The molecule has 2 heteroatoms. The Morgan fingerprint density at radius 3 is 2.59 bits per heavy atom. The molecule has 0 saturated carbocycles. The number of hydrogen-bond donors (Lipinski definition) is 0. The van der Waals surface area contributed by atoms with Crippen LogP contribution >= 0.6 is 0 Å². The molecule has 92 valence electrons. The van der Waals surface area contributed by atoms with Gasteiger partial charge in [-0.2, -0.15) is 0 Å². The van der Waals surface area contributed by atoms with E-state index in [1.165, 1.54) is 16.9 Å². The molecule has 0 unspecified atom stereocenters. The van der Waals surface area contributed by atoms with Crippen molar-refractivity contribution in [3.05, 3.63) is 42.1 Å². The molecule has 0 saturated heterocycles. The van der Waals surface area contributed by atoms with E-state index >= 15 is 0 Å². The number of nitrogens with zero attached hydrogens (tertiary/aromatic N) is 2. The van der Waals surface area contributed by atoms with Gasteiger partial charge < -0.3 is 4.90 Å². The summed E-state index contributed by atoms with van der Waals surface area (Å²) in [5, 5.41) is 0. The van der Waals surface area contributed by atoms with Gasteiger partial charge >= 0.3 is 0 Å². The predicted molar refractivity (Wildman–Crippen MR) is 74.1 cm³/mol. The van der Waals surface area contributed by atoms with Crippen LogP contribution in [-0.2, 0) is 6.54 Å². The van der Waals surface area contributed by atoms with E-state index in [1.807, 2.05) is 0 Å². The Bertz CT molecular complexity index is 409. The summed E-state index contributed by atoms with van der Waals surface area (Å²) in [6, 6.07) is 9.22. The van der Waals surface area contributed by atoms with E-state index in [-0.39, 0.29) is 0 Å². The van der Waals surface area contributed by atoms with Crippen LogP contribution in [0.25, 0.3) is 0 Å². The highest BCUT2D eigenvalue weighted by atomic mass is 15.2. The van der Waals surface area contributed by atoms with E-state index in [9.17, 15) is 0 Å². The van der Waals surface area contributed by atoms with Gasteiger partial charge in [-0.15, -0.1) is 0 Å². The Balaban J connectivity index is 2.41. The molecule has 17 heavy (non-hydrogen) atoms. The number of benzene rings is 1. The lowest BCUT2D eigenvalue weighted by Crippen LogP contribution is -2.33. The third-order valence-corrected chi connectivity index (χ3v) is 3.47. The fourth-order valence-electron chi connectivity index (χ4n) is 2.43. The molecule has 1 heterocycles. The first-order valence-corrected chi connectivity index (χ1v) is 6.40. The van der Waals surface area contributed by atoms with Gasteiger partial charge in [0.2, 0.25) is 0 Å². The van der Waals surface area contributed by atoms with Crippen molar-refractivity contribution in [2.24, 2.45) is 0 Å². The molecule has 0 fully saturated rings. The van der Waals surface area contributed by atoms with Gasteiger partial charge in [-0.1, -0.05) is 24.8 Å². The first kappa shape index (κ1) is 12.2. The van der Waals surface area contributed by atoms with Crippen LogP contribution in [0.4, 0.5) is 5.69 Å². The van der Waals surface area contributed by atoms with Crippen LogP contribution in [0.2, 0.25) is 0 Å². The quantitative estimate of drug-likeness (QED) is 0.769. The summed E-state index contributed by atoms with van der Waals surface area (Å²) in [7, 11) is 0. The normalized spacial score (nSPS) is 17.2. The van der Waals surface area contributed by atoms with Crippen LogP contribution < -0.4 is 4.90 Å². The molecule has 1 aliphatic heterocycles. The van der Waals surface area contributed by atoms with Gasteiger partial charge in [-0.3, -0.25) is 4.90 Å². The van der Waals surface area contributed by atoms with Gasteiger partial charge in [0.1, 0.15) is 0 Å². The van der Waals surface area contributed by atoms with Crippen LogP contribution in [0.1, 0.15) is 26.3 Å². The molecule has 0 amide bonds. The predicted octanol–water partition coefficient (Wildman–Crippen LogP) is 3.25. The molecule has 1 aliphatic rings. The lowest BCUT2D eigenvalue weighted by atomic mass is 10.1. The minimum atomic E-state index is 0.552. The summed E-state index contributed by atoms with van der Waals surface area (Å²) in [5.41, 5.74) is 3.93. The summed E-state index contributed by atoms with van der Waals surface area (Å²) in [5.74, 6) is 0. The molecule has 2 nitrogen and oxygen atoms in total. The number of likely N-dealkylation sites (N-methyl/N-ethyl adjacent to an activating group) is 1. The lowest BCUT2D eigenvalue weighted by Gasteiger charge is -2.27. The molecule has 0 atom stereocenters. The van der Waals surface area contributed by atoms with E-state index in [1.54, 1.807) is 0 Å². The Labute approximate surface area is 105 Å². The van der Waals surface area contributed by atoms with Crippen molar-refractivity contribution in [1.82, 2.24) is 4.90 Å². The number of rotatable bonds is 2. The van der Waals surface area contributed by atoms with Crippen molar-refractivity contribution in [3.63, 3.8) is 0 Å². The summed E-state index contributed by atoms with van der Waals surface area (Å²) in [6.07, 6.45) is 0. The summed E-state index contributed by atoms with van der Waals surface area (Å²) in [6.45, 7) is 13.9. The fourth-order valence-corrected chi connectivity index (χ4v) is 2.43. The number of fused-ring (bicyclic) bond motifs is 1. The number of hydrogen-bond acceptors (Lipinski definition) is 2. The van der Waals surface area contributed by atoms with Gasteiger partial charge in [-0.25, -0.2) is 0 Å². The lowest BCUT2D eigenvalue weighted by molar-refractivity contribution is 0.234. The van der Waals surface area contributed by atoms with Crippen molar-refractivity contribution >= 4 is 5.69 Å². The Kier molecular flexibility index (Phi) is 3.53. The molecule has 0 N–H and O–H groups in total. The van der Waals surface area contributed by atoms with Crippen molar-refractivity contribution in [2.45, 2.75) is 33.4 Å². The van der Waals surface area contributed by atoms with Crippen molar-refractivity contribution in [2.75, 3.05) is 18.0 Å². The first-order valence-electron chi connectivity index (χ1n) is 6.40. The molecule has 2 rings (SSSR count). The average molecular weight is 230 g/mol. The monoisotopic (exact) mass is 230 g/mol. The zero-order valence-electron chi connectivity index (χ0n) is 11.1.